The van der Waals surface area contributed by atoms with E-state index in [1.54, 1.807) is 12.3 Å². The smallest absolute Gasteiger partial charge is 0.249 e. The Kier molecular flexibility index (Phi) is 8.15. The monoisotopic (exact) mass is 571 g/mol. The fourth-order valence-electron chi connectivity index (χ4n) is 5.21. The molecule has 2 aliphatic rings. The summed E-state index contributed by atoms with van der Waals surface area (Å²) in [5, 5.41) is 7.02. The number of ether oxygens (including phenoxy) is 1. The Morgan fingerprint density at radius 2 is 1.98 bits per heavy atom. The summed E-state index contributed by atoms with van der Waals surface area (Å²) in [6, 6.07) is 23.1. The van der Waals surface area contributed by atoms with Gasteiger partial charge in [-0.05, 0) is 75.0 Å². The van der Waals surface area contributed by atoms with Gasteiger partial charge in [-0.15, -0.1) is 0 Å². The summed E-state index contributed by atoms with van der Waals surface area (Å²) in [6.45, 7) is 5.04. The molecule has 6 rings (SSSR count). The molecular formula is C31H33N5O2S2. The molecule has 40 heavy (non-hydrogen) atoms. The normalized spacial score (nSPS) is 17.1. The lowest BCUT2D eigenvalue weighted by Crippen LogP contribution is -2.39. The first-order valence-corrected chi connectivity index (χ1v) is 15.2. The molecule has 0 saturated carbocycles. The number of rotatable bonds is 8. The van der Waals surface area contributed by atoms with Crippen molar-refractivity contribution in [2.24, 2.45) is 0 Å². The standard InChI is InChI=1S/C31H33N5O2S2/c1-20-5-3-7-24(34-20)25(12-13-32-2)35-21-9-10-27-29(17-21)39-28-8-4-6-23(31(28)40-27)26-19-36(15-16-38-26)22-11-14-33-30(37)18-22/h3-11,14,17-18,25-26,32,35H,12-13,15-16,19H2,1-2H3,(H,33,37). The van der Waals surface area contributed by atoms with Gasteiger partial charge in [0.1, 0.15) is 6.10 Å². The van der Waals surface area contributed by atoms with Crippen molar-refractivity contribution in [1.29, 1.82) is 0 Å². The van der Waals surface area contributed by atoms with Gasteiger partial charge in [0.05, 0.1) is 18.3 Å². The number of hydrogen-bond donors (Lipinski definition) is 3. The molecule has 4 heterocycles. The number of fused-ring (bicyclic) bond motifs is 2. The number of morpholine rings is 1. The maximum absolute atomic E-state index is 11.9. The largest absolute Gasteiger partial charge is 0.377 e. The Morgan fingerprint density at radius 3 is 2.83 bits per heavy atom. The van der Waals surface area contributed by atoms with Crippen molar-refractivity contribution < 1.29 is 4.74 Å². The Balaban J connectivity index is 1.22. The molecule has 3 N–H and O–H groups in total. The molecule has 7 nitrogen and oxygen atoms in total. The molecule has 0 spiro atoms. The van der Waals surface area contributed by atoms with Crippen LogP contribution in [-0.4, -0.2) is 43.3 Å². The quantitative estimate of drug-likeness (QED) is 0.208. The van der Waals surface area contributed by atoms with E-state index >= 15 is 0 Å². The van der Waals surface area contributed by atoms with Gasteiger partial charge in [-0.3, -0.25) is 9.78 Å². The Bertz CT molecular complexity index is 1560. The number of benzene rings is 2. The predicted octanol–water partition coefficient (Wildman–Crippen LogP) is 6.03. The van der Waals surface area contributed by atoms with Crippen LogP contribution in [0, 0.1) is 6.92 Å². The van der Waals surface area contributed by atoms with E-state index in [0.717, 1.165) is 42.3 Å². The van der Waals surface area contributed by atoms with E-state index in [1.807, 2.05) is 49.6 Å². The van der Waals surface area contributed by atoms with Crippen molar-refractivity contribution >= 4 is 34.9 Å². The van der Waals surface area contributed by atoms with Crippen LogP contribution in [0.3, 0.4) is 0 Å². The maximum atomic E-state index is 11.9. The van der Waals surface area contributed by atoms with Crippen molar-refractivity contribution in [1.82, 2.24) is 15.3 Å². The van der Waals surface area contributed by atoms with E-state index < -0.39 is 0 Å². The third kappa shape index (κ3) is 5.93. The molecule has 2 aliphatic heterocycles. The minimum absolute atomic E-state index is 0.0617. The molecule has 2 unspecified atom stereocenters. The fourth-order valence-corrected chi connectivity index (χ4v) is 7.66. The Morgan fingerprint density at radius 1 is 1.07 bits per heavy atom. The molecule has 2 aromatic carbocycles. The zero-order valence-corrected chi connectivity index (χ0v) is 24.3. The highest BCUT2D eigenvalue weighted by atomic mass is 32.2. The van der Waals surface area contributed by atoms with E-state index in [2.05, 4.69) is 69.0 Å². The highest BCUT2D eigenvalue weighted by molar-refractivity contribution is 8.05. The van der Waals surface area contributed by atoms with Crippen LogP contribution in [0.2, 0.25) is 0 Å². The van der Waals surface area contributed by atoms with Gasteiger partial charge in [0, 0.05) is 62.0 Å². The van der Waals surface area contributed by atoms with E-state index in [-0.39, 0.29) is 17.7 Å². The third-order valence-corrected chi connectivity index (χ3v) is 9.82. The fraction of sp³-hybridized carbons (Fsp3) is 0.290. The van der Waals surface area contributed by atoms with Crippen molar-refractivity contribution in [2.75, 3.05) is 43.5 Å². The number of pyridine rings is 2. The lowest BCUT2D eigenvalue weighted by Gasteiger charge is -2.36. The summed E-state index contributed by atoms with van der Waals surface area (Å²) in [7, 11) is 1.98. The number of aromatic nitrogens is 2. The molecule has 9 heteroatoms. The Hall–Kier alpha value is -3.24. The molecule has 1 fully saturated rings. The summed E-state index contributed by atoms with van der Waals surface area (Å²) in [6.07, 6.45) is 2.58. The molecule has 2 atom stereocenters. The zero-order chi connectivity index (χ0) is 27.5. The van der Waals surface area contributed by atoms with Crippen LogP contribution in [0.5, 0.6) is 0 Å². The van der Waals surface area contributed by atoms with Crippen LogP contribution in [-0.2, 0) is 4.74 Å². The SMILES string of the molecule is CNCCC(Nc1ccc2c(c1)Sc1cccc(C3CN(c4cc[nH]c(=O)c4)CCO3)c1S2)c1cccc(C)n1. The molecule has 2 aromatic heterocycles. The zero-order valence-electron chi connectivity index (χ0n) is 22.6. The Labute approximate surface area is 243 Å². The van der Waals surface area contributed by atoms with E-state index in [4.69, 9.17) is 9.72 Å². The van der Waals surface area contributed by atoms with Gasteiger partial charge in [0.2, 0.25) is 5.56 Å². The third-order valence-electron chi connectivity index (χ3n) is 7.21. The van der Waals surface area contributed by atoms with Crippen LogP contribution >= 0.6 is 23.5 Å². The molecule has 0 aliphatic carbocycles. The number of hydrogen-bond acceptors (Lipinski definition) is 8. The highest BCUT2D eigenvalue weighted by Gasteiger charge is 2.28. The number of aryl methyl sites for hydroxylation is 1. The van der Waals surface area contributed by atoms with Crippen molar-refractivity contribution in [3.63, 3.8) is 0 Å². The second-order valence-electron chi connectivity index (χ2n) is 10.0. The van der Waals surface area contributed by atoms with Crippen molar-refractivity contribution in [3.8, 4) is 0 Å². The summed E-state index contributed by atoms with van der Waals surface area (Å²) in [4.78, 5) is 26.6. The summed E-state index contributed by atoms with van der Waals surface area (Å²) in [5.41, 5.74) is 5.24. The first-order chi connectivity index (χ1) is 19.6. The lowest BCUT2D eigenvalue weighted by molar-refractivity contribution is 0.0379. The van der Waals surface area contributed by atoms with Crippen molar-refractivity contribution in [2.45, 2.75) is 45.1 Å². The molecular weight excluding hydrogens is 539 g/mol. The number of H-pyrrole nitrogens is 1. The molecule has 0 radical (unpaired) electrons. The molecule has 206 valence electrons. The van der Waals surface area contributed by atoms with Crippen LogP contribution in [0.4, 0.5) is 11.4 Å². The van der Waals surface area contributed by atoms with E-state index in [0.29, 0.717) is 13.2 Å². The topological polar surface area (TPSA) is 82.3 Å². The number of nitrogens with one attached hydrogen (secondary N) is 3. The number of anilines is 2. The molecule has 1 saturated heterocycles. The second-order valence-corrected chi connectivity index (χ2v) is 12.2. The van der Waals surface area contributed by atoms with Crippen LogP contribution in [0.15, 0.2) is 97.3 Å². The summed E-state index contributed by atoms with van der Waals surface area (Å²) in [5.74, 6) is 0. The van der Waals surface area contributed by atoms with Gasteiger partial charge in [-0.1, -0.05) is 41.7 Å². The van der Waals surface area contributed by atoms with Crippen LogP contribution < -0.4 is 21.1 Å². The van der Waals surface area contributed by atoms with E-state index in [1.165, 1.54) is 25.1 Å². The van der Waals surface area contributed by atoms with Crippen LogP contribution in [0.1, 0.15) is 35.5 Å². The molecule has 0 bridgehead atoms. The first-order valence-electron chi connectivity index (χ1n) is 13.6. The second kappa shape index (κ2) is 12.1. The van der Waals surface area contributed by atoms with Gasteiger partial charge in [0.25, 0.3) is 0 Å². The number of nitrogens with zero attached hydrogens (tertiary/aromatic N) is 2. The number of aromatic amines is 1. The average molecular weight is 572 g/mol. The van der Waals surface area contributed by atoms with Gasteiger partial charge >= 0.3 is 0 Å². The van der Waals surface area contributed by atoms with Crippen molar-refractivity contribution in [3.05, 3.63) is 100 Å². The van der Waals surface area contributed by atoms with Gasteiger partial charge in [-0.25, -0.2) is 0 Å². The van der Waals surface area contributed by atoms with Gasteiger partial charge in [-0.2, -0.15) is 0 Å². The first kappa shape index (κ1) is 27.0. The summed E-state index contributed by atoms with van der Waals surface area (Å²) >= 11 is 3.63. The average Bonchev–Trinajstić information content (AvgIpc) is 2.98. The molecule has 4 aromatic rings. The maximum Gasteiger partial charge on any atom is 0.249 e. The van der Waals surface area contributed by atoms with Gasteiger partial charge in [0.15, 0.2) is 0 Å². The lowest BCUT2D eigenvalue weighted by atomic mass is 10.1. The minimum Gasteiger partial charge on any atom is -0.377 e. The summed E-state index contributed by atoms with van der Waals surface area (Å²) < 4.78 is 6.27. The predicted molar refractivity (Wildman–Crippen MR) is 163 cm³/mol. The van der Waals surface area contributed by atoms with Gasteiger partial charge < -0.3 is 25.3 Å². The van der Waals surface area contributed by atoms with Crippen LogP contribution in [0.25, 0.3) is 0 Å². The minimum atomic E-state index is -0.0847. The molecule has 0 amide bonds. The van der Waals surface area contributed by atoms with E-state index in [9.17, 15) is 4.79 Å². The highest BCUT2D eigenvalue weighted by Crippen LogP contribution is 2.52.